The lowest BCUT2D eigenvalue weighted by atomic mass is 10.2. The van der Waals surface area contributed by atoms with Gasteiger partial charge in [-0.3, -0.25) is 4.79 Å². The Morgan fingerprint density at radius 3 is 2.17 bits per heavy atom. The fourth-order valence-electron chi connectivity index (χ4n) is 3.19. The second-order valence-corrected chi connectivity index (χ2v) is 9.33. The molecule has 6 nitrogen and oxygen atoms in total. The van der Waals surface area contributed by atoms with Crippen LogP contribution < -0.4 is 0 Å². The second kappa shape index (κ2) is 9.02. The summed E-state index contributed by atoms with van der Waals surface area (Å²) >= 11 is 0. The first kappa shape index (κ1) is 21.4. The molecule has 0 saturated carbocycles. The predicted molar refractivity (Wildman–Crippen MR) is 109 cm³/mol. The summed E-state index contributed by atoms with van der Waals surface area (Å²) < 4.78 is 40.9. The SMILES string of the molecule is Cc1ccc(S(=O)(=O)N(CC(=O)N2CCN(C)CC2)Cc2ccc(F)cc2)cc1. The maximum atomic E-state index is 13.3. The van der Waals surface area contributed by atoms with Crippen LogP contribution in [-0.4, -0.2) is 68.2 Å². The Hall–Kier alpha value is -2.29. The molecule has 0 N–H and O–H groups in total. The third-order valence-electron chi connectivity index (χ3n) is 5.10. The first-order chi connectivity index (χ1) is 13.8. The Morgan fingerprint density at radius 1 is 1.00 bits per heavy atom. The number of benzene rings is 2. The van der Waals surface area contributed by atoms with Crippen LogP contribution in [0.15, 0.2) is 53.4 Å². The molecule has 1 fully saturated rings. The van der Waals surface area contributed by atoms with Gasteiger partial charge < -0.3 is 9.80 Å². The summed E-state index contributed by atoms with van der Waals surface area (Å²) in [5.41, 5.74) is 1.57. The van der Waals surface area contributed by atoms with E-state index in [-0.39, 0.29) is 23.9 Å². The smallest absolute Gasteiger partial charge is 0.243 e. The van der Waals surface area contributed by atoms with Crippen molar-refractivity contribution in [2.75, 3.05) is 39.8 Å². The van der Waals surface area contributed by atoms with Crippen molar-refractivity contribution in [3.05, 3.63) is 65.5 Å². The number of aryl methyl sites for hydroxylation is 1. The molecule has 0 spiro atoms. The molecule has 0 radical (unpaired) electrons. The summed E-state index contributed by atoms with van der Waals surface area (Å²) in [5.74, 6) is -0.619. The maximum Gasteiger partial charge on any atom is 0.243 e. The lowest BCUT2D eigenvalue weighted by Gasteiger charge is -2.33. The van der Waals surface area contributed by atoms with Gasteiger partial charge in [-0.2, -0.15) is 4.31 Å². The topological polar surface area (TPSA) is 60.9 Å². The van der Waals surface area contributed by atoms with Crippen molar-refractivity contribution >= 4 is 15.9 Å². The zero-order chi connectivity index (χ0) is 21.0. The zero-order valence-corrected chi connectivity index (χ0v) is 17.5. The normalized spacial score (nSPS) is 15.7. The van der Waals surface area contributed by atoms with Crippen LogP contribution in [0.1, 0.15) is 11.1 Å². The van der Waals surface area contributed by atoms with Gasteiger partial charge in [0.15, 0.2) is 0 Å². The molecule has 2 aromatic rings. The summed E-state index contributed by atoms with van der Waals surface area (Å²) in [5, 5.41) is 0. The largest absolute Gasteiger partial charge is 0.339 e. The van der Waals surface area contributed by atoms with E-state index in [2.05, 4.69) is 4.90 Å². The number of piperazine rings is 1. The molecular weight excluding hydrogens is 393 g/mol. The molecule has 1 saturated heterocycles. The summed E-state index contributed by atoms with van der Waals surface area (Å²) in [6, 6.07) is 12.2. The number of likely N-dealkylation sites (N-methyl/N-ethyl adjacent to an activating group) is 1. The molecule has 8 heteroatoms. The van der Waals surface area contributed by atoms with Gasteiger partial charge in [0.1, 0.15) is 5.82 Å². The van der Waals surface area contributed by atoms with Gasteiger partial charge in [0.25, 0.3) is 0 Å². The van der Waals surface area contributed by atoms with Crippen LogP contribution in [0.3, 0.4) is 0 Å². The number of hydrogen-bond donors (Lipinski definition) is 0. The van der Waals surface area contributed by atoms with Crippen molar-refractivity contribution in [1.29, 1.82) is 0 Å². The van der Waals surface area contributed by atoms with Crippen LogP contribution in [0.2, 0.25) is 0 Å². The van der Waals surface area contributed by atoms with Crippen LogP contribution in [0.25, 0.3) is 0 Å². The van der Waals surface area contributed by atoms with E-state index < -0.39 is 15.8 Å². The van der Waals surface area contributed by atoms with Crippen molar-refractivity contribution in [3.8, 4) is 0 Å². The van der Waals surface area contributed by atoms with E-state index in [1.807, 2.05) is 14.0 Å². The Labute approximate surface area is 171 Å². The molecular formula is C21H26FN3O3S. The minimum absolute atomic E-state index is 0.00400. The number of nitrogens with zero attached hydrogens (tertiary/aromatic N) is 3. The van der Waals surface area contributed by atoms with Gasteiger partial charge in [-0.1, -0.05) is 29.8 Å². The molecule has 1 amide bonds. The van der Waals surface area contributed by atoms with Crippen LogP contribution >= 0.6 is 0 Å². The van der Waals surface area contributed by atoms with Crippen molar-refractivity contribution in [2.45, 2.75) is 18.4 Å². The third kappa shape index (κ3) is 5.41. The number of rotatable bonds is 6. The summed E-state index contributed by atoms with van der Waals surface area (Å²) in [6.45, 7) is 4.29. The Bertz CT molecular complexity index is 938. The van der Waals surface area contributed by atoms with Gasteiger partial charge in [-0.25, -0.2) is 12.8 Å². The van der Waals surface area contributed by atoms with Crippen LogP contribution in [0.5, 0.6) is 0 Å². The first-order valence-corrected chi connectivity index (χ1v) is 11.0. The molecule has 1 aliphatic rings. The maximum absolute atomic E-state index is 13.3. The quantitative estimate of drug-likeness (QED) is 0.720. The van der Waals surface area contributed by atoms with Crippen molar-refractivity contribution in [3.63, 3.8) is 0 Å². The first-order valence-electron chi connectivity index (χ1n) is 9.53. The second-order valence-electron chi connectivity index (χ2n) is 7.40. The molecule has 29 heavy (non-hydrogen) atoms. The Morgan fingerprint density at radius 2 is 1.59 bits per heavy atom. The van der Waals surface area contributed by atoms with Gasteiger partial charge in [0.05, 0.1) is 11.4 Å². The minimum atomic E-state index is -3.89. The number of hydrogen-bond acceptors (Lipinski definition) is 4. The summed E-state index contributed by atoms with van der Waals surface area (Å²) in [6.07, 6.45) is 0. The molecule has 0 bridgehead atoms. The van der Waals surface area contributed by atoms with Gasteiger partial charge >= 0.3 is 0 Å². The van der Waals surface area contributed by atoms with Crippen molar-refractivity contribution in [1.82, 2.24) is 14.1 Å². The predicted octanol–water partition coefficient (Wildman–Crippen LogP) is 2.10. The Kier molecular flexibility index (Phi) is 6.66. The summed E-state index contributed by atoms with van der Waals surface area (Å²) in [4.78, 5) is 16.8. The van der Waals surface area contributed by atoms with Crippen LogP contribution in [0, 0.1) is 12.7 Å². The zero-order valence-electron chi connectivity index (χ0n) is 16.7. The van der Waals surface area contributed by atoms with Gasteiger partial charge in [-0.05, 0) is 43.8 Å². The van der Waals surface area contributed by atoms with E-state index >= 15 is 0 Å². The minimum Gasteiger partial charge on any atom is -0.339 e. The van der Waals surface area contributed by atoms with Gasteiger partial charge in [0, 0.05) is 32.7 Å². The molecule has 1 heterocycles. The van der Waals surface area contributed by atoms with Crippen molar-refractivity contribution < 1.29 is 17.6 Å². The highest BCUT2D eigenvalue weighted by atomic mass is 32.2. The lowest BCUT2D eigenvalue weighted by molar-refractivity contribution is -0.133. The van der Waals surface area contributed by atoms with Gasteiger partial charge in [-0.15, -0.1) is 0 Å². The van der Waals surface area contributed by atoms with E-state index in [1.54, 1.807) is 29.2 Å². The van der Waals surface area contributed by atoms with E-state index in [0.717, 1.165) is 18.7 Å². The van der Waals surface area contributed by atoms with Crippen LogP contribution in [-0.2, 0) is 21.4 Å². The highest BCUT2D eigenvalue weighted by molar-refractivity contribution is 7.89. The van der Waals surface area contributed by atoms with E-state index in [4.69, 9.17) is 0 Å². The van der Waals surface area contributed by atoms with E-state index in [9.17, 15) is 17.6 Å². The van der Waals surface area contributed by atoms with E-state index in [1.165, 1.54) is 28.6 Å². The highest BCUT2D eigenvalue weighted by Crippen LogP contribution is 2.20. The third-order valence-corrected chi connectivity index (χ3v) is 6.90. The number of halogens is 1. The average Bonchev–Trinajstić information content (AvgIpc) is 2.70. The average molecular weight is 420 g/mol. The number of carbonyl (C=O) groups excluding carboxylic acids is 1. The standard InChI is InChI=1S/C21H26FN3O3S/c1-17-3-9-20(10-4-17)29(27,28)25(15-18-5-7-19(22)8-6-18)16-21(26)24-13-11-23(2)12-14-24/h3-10H,11-16H2,1-2H3. The number of sulfonamides is 1. The molecule has 0 aromatic heterocycles. The number of amides is 1. The molecule has 0 atom stereocenters. The molecule has 3 rings (SSSR count). The molecule has 0 aliphatic carbocycles. The molecule has 1 aliphatic heterocycles. The van der Waals surface area contributed by atoms with Crippen molar-refractivity contribution in [2.24, 2.45) is 0 Å². The summed E-state index contributed by atoms with van der Waals surface area (Å²) in [7, 11) is -1.90. The van der Waals surface area contributed by atoms with E-state index in [0.29, 0.717) is 18.7 Å². The molecule has 2 aromatic carbocycles. The fraction of sp³-hybridized carbons (Fsp3) is 0.381. The fourth-order valence-corrected chi connectivity index (χ4v) is 4.56. The Balaban J connectivity index is 1.85. The molecule has 0 unspecified atom stereocenters. The number of carbonyl (C=O) groups is 1. The highest BCUT2D eigenvalue weighted by Gasteiger charge is 2.29. The molecule has 156 valence electrons. The monoisotopic (exact) mass is 419 g/mol. The van der Waals surface area contributed by atoms with Crippen LogP contribution in [0.4, 0.5) is 4.39 Å². The lowest BCUT2D eigenvalue weighted by Crippen LogP contribution is -2.50. The van der Waals surface area contributed by atoms with Gasteiger partial charge in [0.2, 0.25) is 15.9 Å².